The van der Waals surface area contributed by atoms with Crippen molar-refractivity contribution in [3.8, 4) is 5.75 Å². The molecule has 24 heavy (non-hydrogen) atoms. The Labute approximate surface area is 143 Å². The smallest absolute Gasteiger partial charge is 0.255 e. The maximum Gasteiger partial charge on any atom is 0.255 e. The predicted octanol–water partition coefficient (Wildman–Crippen LogP) is 4.65. The van der Waals surface area contributed by atoms with Crippen molar-refractivity contribution in [1.29, 1.82) is 0 Å². The van der Waals surface area contributed by atoms with Crippen LogP contribution in [-0.4, -0.2) is 19.6 Å². The summed E-state index contributed by atoms with van der Waals surface area (Å²) in [6, 6.07) is 14.9. The zero-order valence-corrected chi connectivity index (χ0v) is 14.4. The highest BCUT2D eigenvalue weighted by Gasteiger charge is 2.09. The molecule has 0 heterocycles. The van der Waals surface area contributed by atoms with Crippen LogP contribution in [0.15, 0.2) is 48.5 Å². The Hall–Kier alpha value is -2.33. The molecule has 0 saturated carbocycles. The Morgan fingerprint density at radius 2 is 1.79 bits per heavy atom. The first-order chi connectivity index (χ1) is 11.7. The summed E-state index contributed by atoms with van der Waals surface area (Å²) in [5.41, 5.74) is 2.32. The van der Waals surface area contributed by atoms with E-state index in [1.54, 1.807) is 19.2 Å². The van der Waals surface area contributed by atoms with Crippen LogP contribution < -0.4 is 10.1 Å². The minimum atomic E-state index is -0.143. The summed E-state index contributed by atoms with van der Waals surface area (Å²) in [6.07, 6.45) is 3.39. The average Bonchev–Trinajstić information content (AvgIpc) is 2.61. The van der Waals surface area contributed by atoms with Crippen LogP contribution in [0.2, 0.25) is 0 Å². The summed E-state index contributed by atoms with van der Waals surface area (Å²) in [5, 5.41) is 2.93. The van der Waals surface area contributed by atoms with Crippen LogP contribution in [0.4, 0.5) is 5.69 Å². The Morgan fingerprint density at radius 3 is 2.50 bits per heavy atom. The van der Waals surface area contributed by atoms with E-state index in [1.165, 1.54) is 12.8 Å². The zero-order chi connectivity index (χ0) is 17.2. The van der Waals surface area contributed by atoms with Crippen LogP contribution in [0.1, 0.15) is 42.1 Å². The first kappa shape index (κ1) is 18.0. The second kappa shape index (κ2) is 9.73. The fourth-order valence-electron chi connectivity index (χ4n) is 2.36. The summed E-state index contributed by atoms with van der Waals surface area (Å²) in [4.78, 5) is 12.4. The van der Waals surface area contributed by atoms with E-state index in [9.17, 15) is 4.79 Å². The molecule has 0 saturated heterocycles. The molecule has 1 N–H and O–H groups in total. The molecule has 2 aromatic rings. The van der Waals surface area contributed by atoms with Gasteiger partial charge in [0.05, 0.1) is 13.2 Å². The number of benzene rings is 2. The van der Waals surface area contributed by atoms with E-state index in [1.807, 2.05) is 36.4 Å². The number of carbonyl (C=O) groups excluding carboxylic acids is 1. The minimum absolute atomic E-state index is 0.143. The number of rotatable bonds is 9. The van der Waals surface area contributed by atoms with Crippen molar-refractivity contribution in [3.05, 3.63) is 59.7 Å². The number of nitrogens with one attached hydrogen (secondary N) is 1. The number of ether oxygens (including phenoxy) is 2. The monoisotopic (exact) mass is 327 g/mol. The van der Waals surface area contributed by atoms with Crippen LogP contribution >= 0.6 is 0 Å². The molecule has 0 atom stereocenters. The largest absolute Gasteiger partial charge is 0.494 e. The van der Waals surface area contributed by atoms with Gasteiger partial charge in [-0.05, 0) is 36.8 Å². The molecule has 0 fully saturated rings. The molecule has 2 aromatic carbocycles. The molecular weight excluding hydrogens is 302 g/mol. The van der Waals surface area contributed by atoms with Crippen molar-refractivity contribution in [3.63, 3.8) is 0 Å². The highest BCUT2D eigenvalue weighted by Crippen LogP contribution is 2.18. The highest BCUT2D eigenvalue weighted by molar-refractivity contribution is 6.04. The van der Waals surface area contributed by atoms with Crippen molar-refractivity contribution in [1.82, 2.24) is 0 Å². The third-order valence-corrected chi connectivity index (χ3v) is 3.70. The SMILES string of the molecule is CCCCCOc1ccc(C(=O)Nc2ccccc2COC)cc1. The van der Waals surface area contributed by atoms with Crippen LogP contribution in [0.3, 0.4) is 0 Å². The van der Waals surface area contributed by atoms with Crippen molar-refractivity contribution in [2.24, 2.45) is 0 Å². The third-order valence-electron chi connectivity index (χ3n) is 3.70. The van der Waals surface area contributed by atoms with Gasteiger partial charge in [-0.25, -0.2) is 0 Å². The predicted molar refractivity (Wildman–Crippen MR) is 96.6 cm³/mol. The number of hydrogen-bond acceptors (Lipinski definition) is 3. The van der Waals surface area contributed by atoms with Gasteiger partial charge in [-0.15, -0.1) is 0 Å². The maximum atomic E-state index is 12.4. The Morgan fingerprint density at radius 1 is 1.04 bits per heavy atom. The van der Waals surface area contributed by atoms with E-state index in [4.69, 9.17) is 9.47 Å². The molecule has 1 amide bonds. The molecule has 4 heteroatoms. The van der Waals surface area contributed by atoms with Gasteiger partial charge in [-0.1, -0.05) is 38.0 Å². The van der Waals surface area contributed by atoms with Gasteiger partial charge < -0.3 is 14.8 Å². The van der Waals surface area contributed by atoms with E-state index in [0.717, 1.165) is 23.4 Å². The lowest BCUT2D eigenvalue weighted by Crippen LogP contribution is -2.13. The van der Waals surface area contributed by atoms with Gasteiger partial charge in [-0.2, -0.15) is 0 Å². The highest BCUT2D eigenvalue weighted by atomic mass is 16.5. The summed E-state index contributed by atoms with van der Waals surface area (Å²) < 4.78 is 10.8. The summed E-state index contributed by atoms with van der Waals surface area (Å²) in [5.74, 6) is 0.651. The molecule has 0 bridgehead atoms. The first-order valence-corrected chi connectivity index (χ1v) is 8.35. The fraction of sp³-hybridized carbons (Fsp3) is 0.350. The number of methoxy groups -OCH3 is 1. The van der Waals surface area contributed by atoms with Crippen molar-refractivity contribution in [2.45, 2.75) is 32.8 Å². The van der Waals surface area contributed by atoms with Gasteiger partial charge in [0.2, 0.25) is 0 Å². The summed E-state index contributed by atoms with van der Waals surface area (Å²) in [7, 11) is 1.64. The van der Waals surface area contributed by atoms with E-state index in [-0.39, 0.29) is 5.91 Å². The molecule has 0 radical (unpaired) electrons. The standard InChI is InChI=1S/C20H25NO3/c1-3-4-7-14-24-18-12-10-16(11-13-18)20(22)21-19-9-6-5-8-17(19)15-23-2/h5-6,8-13H,3-4,7,14-15H2,1-2H3,(H,21,22). The Kier molecular flexibility index (Phi) is 7.30. The lowest BCUT2D eigenvalue weighted by molar-refractivity contribution is 0.102. The normalized spacial score (nSPS) is 10.4. The van der Waals surface area contributed by atoms with Crippen molar-refractivity contribution < 1.29 is 14.3 Å². The van der Waals surface area contributed by atoms with Crippen molar-refractivity contribution in [2.75, 3.05) is 19.0 Å². The average molecular weight is 327 g/mol. The zero-order valence-electron chi connectivity index (χ0n) is 14.4. The summed E-state index contributed by atoms with van der Waals surface area (Å²) in [6.45, 7) is 3.34. The molecule has 4 nitrogen and oxygen atoms in total. The fourth-order valence-corrected chi connectivity index (χ4v) is 2.36. The molecule has 128 valence electrons. The number of unbranched alkanes of at least 4 members (excludes halogenated alkanes) is 2. The molecule has 2 rings (SSSR count). The van der Waals surface area contributed by atoms with Crippen molar-refractivity contribution >= 4 is 11.6 Å². The summed E-state index contributed by atoms with van der Waals surface area (Å²) >= 11 is 0. The number of carbonyl (C=O) groups is 1. The minimum Gasteiger partial charge on any atom is -0.494 e. The third kappa shape index (κ3) is 5.39. The number of anilines is 1. The first-order valence-electron chi connectivity index (χ1n) is 8.35. The van der Waals surface area contributed by atoms with E-state index < -0.39 is 0 Å². The molecule has 0 aromatic heterocycles. The van der Waals surface area contributed by atoms with Crippen LogP contribution in [0.25, 0.3) is 0 Å². The van der Waals surface area contributed by atoms with Crippen LogP contribution in [-0.2, 0) is 11.3 Å². The second-order valence-electron chi connectivity index (χ2n) is 5.62. The number of hydrogen-bond donors (Lipinski definition) is 1. The van der Waals surface area contributed by atoms with Gasteiger partial charge in [0, 0.05) is 23.9 Å². The van der Waals surface area contributed by atoms with Gasteiger partial charge in [0.1, 0.15) is 5.75 Å². The molecule has 0 aliphatic heterocycles. The Bertz CT molecular complexity index is 638. The lowest BCUT2D eigenvalue weighted by Gasteiger charge is -2.11. The van der Waals surface area contributed by atoms with Gasteiger partial charge >= 0.3 is 0 Å². The van der Waals surface area contributed by atoms with E-state index >= 15 is 0 Å². The van der Waals surface area contributed by atoms with Gasteiger partial charge in [0.15, 0.2) is 0 Å². The number of para-hydroxylation sites is 1. The van der Waals surface area contributed by atoms with E-state index in [2.05, 4.69) is 12.2 Å². The topological polar surface area (TPSA) is 47.6 Å². The van der Waals surface area contributed by atoms with Crippen LogP contribution in [0.5, 0.6) is 5.75 Å². The van der Waals surface area contributed by atoms with E-state index in [0.29, 0.717) is 18.8 Å². The van der Waals surface area contributed by atoms with Gasteiger partial charge in [0.25, 0.3) is 5.91 Å². The molecule has 0 aliphatic carbocycles. The van der Waals surface area contributed by atoms with Gasteiger partial charge in [-0.3, -0.25) is 4.79 Å². The molecular formula is C20H25NO3. The molecule has 0 aliphatic rings. The molecule has 0 unspecified atom stereocenters. The maximum absolute atomic E-state index is 12.4. The Balaban J connectivity index is 1.95. The second-order valence-corrected chi connectivity index (χ2v) is 5.62. The quantitative estimate of drug-likeness (QED) is 0.682. The van der Waals surface area contributed by atoms with Crippen LogP contribution in [0, 0.1) is 0 Å². The number of amides is 1. The lowest BCUT2D eigenvalue weighted by atomic mass is 10.1. The molecule has 0 spiro atoms.